The molecule has 0 bridgehead atoms. The molecule has 1 aromatic carbocycles. The highest BCUT2D eigenvalue weighted by Gasteiger charge is 2.33. The fourth-order valence-electron chi connectivity index (χ4n) is 7.60. The van der Waals surface area contributed by atoms with Gasteiger partial charge in [-0.05, 0) is 98.9 Å². The first-order valence-corrected chi connectivity index (χ1v) is 18.3. The molecule has 4 nitrogen and oxygen atoms in total. The highest BCUT2D eigenvalue weighted by atomic mass is 16.5. The lowest BCUT2D eigenvalue weighted by molar-refractivity contribution is -0.140. The Balaban J connectivity index is 1.11. The van der Waals surface area contributed by atoms with Gasteiger partial charge in [0.15, 0.2) is 5.82 Å². The molecule has 2 fully saturated rings. The standard InChI is InChI=1S/C39H60N2O2/c1-3-5-7-9-10-12-13-15-31-17-19-33(20-18-31)34-21-23-36(24-22-34)39(42)43-37-27-25-35(26-28-37)38-40-29-32(30-41-38)16-14-11-8-6-4-2/h25-31,33-34,36H,3-24H2,1-2H3. The minimum absolute atomic E-state index is 0.0439. The van der Waals surface area contributed by atoms with Crippen LogP contribution < -0.4 is 4.74 Å². The highest BCUT2D eigenvalue weighted by Crippen LogP contribution is 2.42. The largest absolute Gasteiger partial charge is 0.426 e. The van der Waals surface area contributed by atoms with Crippen LogP contribution >= 0.6 is 0 Å². The number of aryl methyl sites for hydroxylation is 1. The fourth-order valence-corrected chi connectivity index (χ4v) is 7.60. The summed E-state index contributed by atoms with van der Waals surface area (Å²) in [5.74, 6) is 4.01. The number of benzene rings is 1. The number of ether oxygens (including phenoxy) is 1. The number of aromatic nitrogens is 2. The van der Waals surface area contributed by atoms with Crippen LogP contribution in [0.1, 0.15) is 154 Å². The summed E-state index contributed by atoms with van der Waals surface area (Å²) in [6, 6.07) is 7.69. The average molecular weight is 589 g/mol. The van der Waals surface area contributed by atoms with Crippen molar-refractivity contribution in [2.24, 2.45) is 23.7 Å². The molecule has 1 heterocycles. The van der Waals surface area contributed by atoms with Gasteiger partial charge in [-0.3, -0.25) is 4.79 Å². The molecule has 2 saturated carbocycles. The number of carbonyl (C=O) groups is 1. The number of esters is 1. The number of hydrogen-bond donors (Lipinski definition) is 0. The third-order valence-corrected chi connectivity index (χ3v) is 10.5. The Hall–Kier alpha value is -2.23. The van der Waals surface area contributed by atoms with E-state index in [1.54, 1.807) is 0 Å². The minimum Gasteiger partial charge on any atom is -0.426 e. The number of nitrogens with zero attached hydrogens (tertiary/aromatic N) is 2. The quantitative estimate of drug-likeness (QED) is 0.0987. The summed E-state index contributed by atoms with van der Waals surface area (Å²) in [5.41, 5.74) is 2.15. The predicted molar refractivity (Wildman–Crippen MR) is 179 cm³/mol. The van der Waals surface area contributed by atoms with Gasteiger partial charge in [0, 0.05) is 18.0 Å². The normalized spacial score (nSPS) is 22.4. The van der Waals surface area contributed by atoms with Crippen LogP contribution in [-0.2, 0) is 11.2 Å². The second-order valence-electron chi connectivity index (χ2n) is 13.8. The SMILES string of the molecule is CCCCCCCCCC1CCC(C2CCC(C(=O)Oc3ccc(-c4ncc(CCCCCCC)cn4)cc3)CC2)CC1. The third kappa shape index (κ3) is 11.7. The Kier molecular flexibility index (Phi) is 15.0. The van der Waals surface area contributed by atoms with Crippen molar-refractivity contribution in [1.82, 2.24) is 9.97 Å². The van der Waals surface area contributed by atoms with E-state index in [1.807, 2.05) is 36.7 Å². The van der Waals surface area contributed by atoms with Gasteiger partial charge >= 0.3 is 5.97 Å². The molecule has 1 aromatic heterocycles. The Labute approximate surface area is 263 Å². The van der Waals surface area contributed by atoms with Crippen LogP contribution in [0.4, 0.5) is 0 Å². The van der Waals surface area contributed by atoms with E-state index in [0.29, 0.717) is 5.75 Å². The third-order valence-electron chi connectivity index (χ3n) is 10.5. The molecular formula is C39H60N2O2. The summed E-state index contributed by atoms with van der Waals surface area (Å²) in [6.45, 7) is 4.54. The van der Waals surface area contributed by atoms with E-state index in [9.17, 15) is 4.79 Å². The summed E-state index contributed by atoms with van der Waals surface area (Å²) >= 11 is 0. The predicted octanol–water partition coefficient (Wildman–Crippen LogP) is 11.3. The zero-order valence-electron chi connectivity index (χ0n) is 27.5. The van der Waals surface area contributed by atoms with E-state index in [-0.39, 0.29) is 11.9 Å². The number of carbonyl (C=O) groups excluding carboxylic acids is 1. The number of rotatable bonds is 18. The molecule has 0 unspecified atom stereocenters. The maximum Gasteiger partial charge on any atom is 0.314 e. The van der Waals surface area contributed by atoms with Gasteiger partial charge in [-0.2, -0.15) is 0 Å². The van der Waals surface area contributed by atoms with Crippen LogP contribution in [0.2, 0.25) is 0 Å². The monoisotopic (exact) mass is 588 g/mol. The summed E-state index contributed by atoms with van der Waals surface area (Å²) in [5, 5.41) is 0. The summed E-state index contributed by atoms with van der Waals surface area (Å²) in [6.07, 6.45) is 32.8. The lowest BCUT2D eigenvalue weighted by atomic mass is 9.68. The van der Waals surface area contributed by atoms with Crippen molar-refractivity contribution in [3.8, 4) is 17.1 Å². The molecule has 2 aliphatic rings. The maximum atomic E-state index is 13.0. The molecule has 0 N–H and O–H groups in total. The molecule has 43 heavy (non-hydrogen) atoms. The van der Waals surface area contributed by atoms with E-state index in [0.717, 1.165) is 48.4 Å². The van der Waals surface area contributed by atoms with E-state index in [2.05, 4.69) is 23.8 Å². The first kappa shape index (κ1) is 33.7. The number of unbranched alkanes of at least 4 members (excludes halogenated alkanes) is 10. The van der Waals surface area contributed by atoms with E-state index in [4.69, 9.17) is 4.74 Å². The van der Waals surface area contributed by atoms with Crippen molar-refractivity contribution >= 4 is 5.97 Å². The molecule has 2 aliphatic carbocycles. The molecule has 2 aromatic rings. The smallest absolute Gasteiger partial charge is 0.314 e. The van der Waals surface area contributed by atoms with E-state index in [1.165, 1.54) is 128 Å². The van der Waals surface area contributed by atoms with Crippen LogP contribution in [0, 0.1) is 23.7 Å². The lowest BCUT2D eigenvalue weighted by Crippen LogP contribution is -2.30. The first-order chi connectivity index (χ1) is 21.2. The molecule has 0 spiro atoms. The second kappa shape index (κ2) is 19.2. The van der Waals surface area contributed by atoms with Gasteiger partial charge in [0.1, 0.15) is 5.75 Å². The van der Waals surface area contributed by atoms with Crippen molar-refractivity contribution in [1.29, 1.82) is 0 Å². The summed E-state index contributed by atoms with van der Waals surface area (Å²) < 4.78 is 5.83. The van der Waals surface area contributed by atoms with Crippen LogP contribution in [0.25, 0.3) is 11.4 Å². The van der Waals surface area contributed by atoms with Gasteiger partial charge in [0.25, 0.3) is 0 Å². The molecule has 0 amide bonds. The second-order valence-corrected chi connectivity index (χ2v) is 13.8. The van der Waals surface area contributed by atoms with Crippen molar-refractivity contribution in [3.05, 3.63) is 42.2 Å². The number of hydrogen-bond acceptors (Lipinski definition) is 4. The average Bonchev–Trinajstić information content (AvgIpc) is 3.05. The van der Waals surface area contributed by atoms with E-state index >= 15 is 0 Å². The molecule has 238 valence electrons. The van der Waals surface area contributed by atoms with Gasteiger partial charge < -0.3 is 4.74 Å². The van der Waals surface area contributed by atoms with Crippen LogP contribution in [0.3, 0.4) is 0 Å². The van der Waals surface area contributed by atoms with Crippen molar-refractivity contribution in [2.75, 3.05) is 0 Å². The maximum absolute atomic E-state index is 13.0. The molecule has 4 heteroatoms. The van der Waals surface area contributed by atoms with Crippen LogP contribution in [-0.4, -0.2) is 15.9 Å². The first-order valence-electron chi connectivity index (χ1n) is 18.3. The molecule has 0 saturated heterocycles. The molecule has 0 radical (unpaired) electrons. The van der Waals surface area contributed by atoms with Gasteiger partial charge in [0.05, 0.1) is 5.92 Å². The van der Waals surface area contributed by atoms with Gasteiger partial charge in [-0.1, -0.05) is 104 Å². The fraction of sp³-hybridized carbons (Fsp3) is 0.718. The zero-order chi connectivity index (χ0) is 30.1. The molecule has 0 aliphatic heterocycles. The highest BCUT2D eigenvalue weighted by molar-refractivity contribution is 5.75. The van der Waals surface area contributed by atoms with Crippen LogP contribution in [0.5, 0.6) is 5.75 Å². The molecular weight excluding hydrogens is 528 g/mol. The molecule has 4 rings (SSSR count). The van der Waals surface area contributed by atoms with Gasteiger partial charge in [0.2, 0.25) is 0 Å². The van der Waals surface area contributed by atoms with Gasteiger partial charge in [-0.15, -0.1) is 0 Å². The van der Waals surface area contributed by atoms with Gasteiger partial charge in [-0.25, -0.2) is 9.97 Å². The topological polar surface area (TPSA) is 52.1 Å². The Morgan fingerprint density at radius 2 is 1.21 bits per heavy atom. The van der Waals surface area contributed by atoms with E-state index < -0.39 is 0 Å². The summed E-state index contributed by atoms with van der Waals surface area (Å²) in [7, 11) is 0. The Morgan fingerprint density at radius 1 is 0.674 bits per heavy atom. The van der Waals surface area contributed by atoms with Crippen molar-refractivity contribution < 1.29 is 9.53 Å². The Bertz CT molecular complexity index is 1020. The minimum atomic E-state index is -0.0517. The summed E-state index contributed by atoms with van der Waals surface area (Å²) in [4.78, 5) is 22.2. The van der Waals surface area contributed by atoms with Crippen LogP contribution in [0.15, 0.2) is 36.7 Å². The van der Waals surface area contributed by atoms with Crippen molar-refractivity contribution in [2.45, 2.75) is 155 Å². The molecule has 0 atom stereocenters. The Morgan fingerprint density at radius 3 is 1.81 bits per heavy atom. The lowest BCUT2D eigenvalue weighted by Gasteiger charge is -2.37. The van der Waals surface area contributed by atoms with Crippen molar-refractivity contribution in [3.63, 3.8) is 0 Å². The zero-order valence-corrected chi connectivity index (χ0v) is 27.5.